The third-order valence-electron chi connectivity index (χ3n) is 4.81. The molecule has 0 aromatic heterocycles. The molecule has 1 aliphatic heterocycles. The van der Waals surface area contributed by atoms with Crippen molar-refractivity contribution in [3.05, 3.63) is 106 Å². The summed E-state index contributed by atoms with van der Waals surface area (Å²) in [6.45, 7) is 0.866. The van der Waals surface area contributed by atoms with Gasteiger partial charge in [0.15, 0.2) is 0 Å². The third-order valence-corrected chi connectivity index (χ3v) is 5.50. The van der Waals surface area contributed by atoms with Crippen LogP contribution in [0.2, 0.25) is 10.0 Å². The predicted octanol–water partition coefficient (Wildman–Crippen LogP) is 5.37. The van der Waals surface area contributed by atoms with Gasteiger partial charge in [-0.15, -0.1) is 0 Å². The fraction of sp³-hybridized carbons (Fsp3) is 0.130. The van der Waals surface area contributed by atoms with Crippen LogP contribution in [0.15, 0.2) is 84.0 Å². The minimum Gasteiger partial charge on any atom is -0.271 e. The maximum Gasteiger partial charge on any atom is 0.258 e. The van der Waals surface area contributed by atoms with E-state index in [9.17, 15) is 4.79 Å². The first-order chi connectivity index (χ1) is 14.1. The Balaban J connectivity index is 1.70. The highest BCUT2D eigenvalue weighted by Gasteiger charge is 2.39. The number of hydrogen-bond acceptors (Lipinski definition) is 3. The van der Waals surface area contributed by atoms with E-state index in [0.717, 1.165) is 16.7 Å². The SMILES string of the molecule is O=C1CN(Cc2ccccc2)[C@H](c2ccccc2Cl)N1/N=C\c1ccccc1Cl. The Labute approximate surface area is 180 Å². The number of carbonyl (C=O) groups excluding carboxylic acids is 1. The van der Waals surface area contributed by atoms with Gasteiger partial charge in [-0.1, -0.05) is 89.9 Å². The molecule has 4 nitrogen and oxygen atoms in total. The quantitative estimate of drug-likeness (QED) is 0.517. The highest BCUT2D eigenvalue weighted by atomic mass is 35.5. The maximum atomic E-state index is 12.9. The molecule has 1 amide bonds. The van der Waals surface area contributed by atoms with Gasteiger partial charge in [0, 0.05) is 27.7 Å². The van der Waals surface area contributed by atoms with E-state index >= 15 is 0 Å². The topological polar surface area (TPSA) is 35.9 Å². The molecule has 4 rings (SSSR count). The van der Waals surface area contributed by atoms with Crippen LogP contribution >= 0.6 is 23.2 Å². The molecule has 0 saturated carbocycles. The van der Waals surface area contributed by atoms with Crippen molar-refractivity contribution in [3.63, 3.8) is 0 Å². The van der Waals surface area contributed by atoms with E-state index in [0.29, 0.717) is 16.6 Å². The zero-order chi connectivity index (χ0) is 20.2. The van der Waals surface area contributed by atoms with Crippen molar-refractivity contribution in [3.8, 4) is 0 Å². The highest BCUT2D eigenvalue weighted by molar-refractivity contribution is 6.33. The monoisotopic (exact) mass is 423 g/mol. The van der Waals surface area contributed by atoms with Crippen molar-refractivity contribution in [2.45, 2.75) is 12.7 Å². The average Bonchev–Trinajstić information content (AvgIpc) is 3.03. The molecule has 0 radical (unpaired) electrons. The number of hydrogen-bond donors (Lipinski definition) is 0. The minimum absolute atomic E-state index is 0.0887. The van der Waals surface area contributed by atoms with Crippen LogP contribution in [0.25, 0.3) is 0 Å². The molecular weight excluding hydrogens is 405 g/mol. The molecule has 146 valence electrons. The molecule has 1 aliphatic rings. The summed E-state index contributed by atoms with van der Waals surface area (Å²) in [5, 5.41) is 7.18. The van der Waals surface area contributed by atoms with E-state index in [-0.39, 0.29) is 12.5 Å². The smallest absolute Gasteiger partial charge is 0.258 e. The summed E-state index contributed by atoms with van der Waals surface area (Å²) in [5.41, 5.74) is 2.71. The lowest BCUT2D eigenvalue weighted by Crippen LogP contribution is -2.29. The van der Waals surface area contributed by atoms with E-state index in [2.05, 4.69) is 10.0 Å². The molecular formula is C23H19Cl2N3O. The molecule has 0 spiro atoms. The maximum absolute atomic E-state index is 12.9. The Bertz CT molecular complexity index is 1040. The number of carbonyl (C=O) groups is 1. The van der Waals surface area contributed by atoms with E-state index < -0.39 is 6.17 Å². The van der Waals surface area contributed by atoms with Gasteiger partial charge in [-0.2, -0.15) is 5.10 Å². The Morgan fingerprint density at radius 2 is 1.55 bits per heavy atom. The normalized spacial score (nSPS) is 17.4. The zero-order valence-electron chi connectivity index (χ0n) is 15.6. The van der Waals surface area contributed by atoms with Crippen LogP contribution in [0.4, 0.5) is 0 Å². The van der Waals surface area contributed by atoms with Crippen molar-refractivity contribution in [2.24, 2.45) is 5.10 Å². The molecule has 3 aromatic carbocycles. The van der Waals surface area contributed by atoms with Gasteiger partial charge in [-0.3, -0.25) is 9.69 Å². The average molecular weight is 424 g/mol. The predicted molar refractivity (Wildman–Crippen MR) is 117 cm³/mol. The molecule has 1 atom stereocenters. The van der Waals surface area contributed by atoms with Crippen LogP contribution in [0.1, 0.15) is 22.9 Å². The molecule has 1 saturated heterocycles. The van der Waals surface area contributed by atoms with Crippen LogP contribution in [-0.2, 0) is 11.3 Å². The number of rotatable bonds is 5. The summed E-state index contributed by atoms with van der Waals surface area (Å²) in [7, 11) is 0. The van der Waals surface area contributed by atoms with Crippen molar-refractivity contribution in [1.82, 2.24) is 9.91 Å². The van der Waals surface area contributed by atoms with Gasteiger partial charge < -0.3 is 0 Å². The number of amides is 1. The van der Waals surface area contributed by atoms with Crippen molar-refractivity contribution in [1.29, 1.82) is 0 Å². The number of nitrogens with zero attached hydrogens (tertiary/aromatic N) is 3. The Morgan fingerprint density at radius 1 is 0.897 bits per heavy atom. The Kier molecular flexibility index (Phi) is 5.95. The number of benzene rings is 3. The first kappa shape index (κ1) is 19.6. The highest BCUT2D eigenvalue weighted by Crippen LogP contribution is 2.36. The first-order valence-corrected chi connectivity index (χ1v) is 10.0. The molecule has 0 N–H and O–H groups in total. The Morgan fingerprint density at radius 3 is 2.28 bits per heavy atom. The summed E-state index contributed by atoms with van der Waals surface area (Å²) in [4.78, 5) is 14.9. The van der Waals surface area contributed by atoms with Gasteiger partial charge in [-0.05, 0) is 17.7 Å². The summed E-state index contributed by atoms with van der Waals surface area (Å²) in [5.74, 6) is -0.0887. The van der Waals surface area contributed by atoms with E-state index in [4.69, 9.17) is 23.2 Å². The molecule has 0 bridgehead atoms. The molecule has 29 heavy (non-hydrogen) atoms. The van der Waals surface area contributed by atoms with Gasteiger partial charge in [-0.25, -0.2) is 5.01 Å². The van der Waals surface area contributed by atoms with Crippen molar-refractivity contribution >= 4 is 35.3 Å². The fourth-order valence-electron chi connectivity index (χ4n) is 3.43. The zero-order valence-corrected chi connectivity index (χ0v) is 17.1. The van der Waals surface area contributed by atoms with E-state index in [1.165, 1.54) is 5.01 Å². The second kappa shape index (κ2) is 8.78. The summed E-state index contributed by atoms with van der Waals surface area (Å²) in [6.07, 6.45) is 1.23. The lowest BCUT2D eigenvalue weighted by atomic mass is 10.1. The van der Waals surface area contributed by atoms with Gasteiger partial charge >= 0.3 is 0 Å². The second-order valence-corrected chi connectivity index (χ2v) is 7.60. The van der Waals surface area contributed by atoms with Gasteiger partial charge in [0.05, 0.1) is 12.8 Å². The standard InChI is InChI=1S/C23H19Cl2N3O/c24-20-12-6-4-10-18(20)14-26-28-22(29)16-27(15-17-8-2-1-3-9-17)23(28)19-11-5-7-13-21(19)25/h1-14,23H,15-16H2/b26-14-/t23-/m0/s1. The summed E-state index contributed by atoms with van der Waals surface area (Å²) < 4.78 is 0. The third kappa shape index (κ3) is 4.35. The van der Waals surface area contributed by atoms with Crippen LogP contribution in [-0.4, -0.2) is 28.6 Å². The summed E-state index contributed by atoms with van der Waals surface area (Å²) in [6, 6.07) is 25.0. The molecule has 0 unspecified atom stereocenters. The van der Waals surface area contributed by atoms with Crippen molar-refractivity contribution in [2.75, 3.05) is 6.54 Å². The lowest BCUT2D eigenvalue weighted by Gasteiger charge is -2.28. The molecule has 1 heterocycles. The number of halogens is 2. The van der Waals surface area contributed by atoms with Crippen molar-refractivity contribution < 1.29 is 4.79 Å². The number of hydrazone groups is 1. The summed E-state index contributed by atoms with van der Waals surface area (Å²) >= 11 is 12.7. The molecule has 1 fully saturated rings. The first-order valence-electron chi connectivity index (χ1n) is 9.26. The molecule has 6 heteroatoms. The van der Waals surface area contributed by atoms with E-state index in [1.807, 2.05) is 72.8 Å². The van der Waals surface area contributed by atoms with Crippen LogP contribution < -0.4 is 0 Å². The van der Waals surface area contributed by atoms with Crippen LogP contribution in [0.5, 0.6) is 0 Å². The van der Waals surface area contributed by atoms with Crippen LogP contribution in [0.3, 0.4) is 0 Å². The lowest BCUT2D eigenvalue weighted by molar-refractivity contribution is -0.128. The van der Waals surface area contributed by atoms with E-state index in [1.54, 1.807) is 12.3 Å². The molecule has 0 aliphatic carbocycles. The van der Waals surface area contributed by atoms with Gasteiger partial charge in [0.25, 0.3) is 5.91 Å². The molecule has 3 aromatic rings. The van der Waals surface area contributed by atoms with Gasteiger partial charge in [0.1, 0.15) is 6.17 Å². The second-order valence-electron chi connectivity index (χ2n) is 6.79. The Hall–Kier alpha value is -2.66. The fourth-order valence-corrected chi connectivity index (χ4v) is 3.85. The largest absolute Gasteiger partial charge is 0.271 e. The van der Waals surface area contributed by atoms with Gasteiger partial charge in [0.2, 0.25) is 0 Å². The minimum atomic E-state index is -0.393. The van der Waals surface area contributed by atoms with Crippen LogP contribution in [0, 0.1) is 0 Å².